The number of nitrogens with zero attached hydrogens (tertiary/aromatic N) is 1. The maximum Gasteiger partial charge on any atom is 0.214 e. The van der Waals surface area contributed by atoms with Gasteiger partial charge in [0.2, 0.25) is 5.88 Å². The molecule has 0 bridgehead atoms. The van der Waals surface area contributed by atoms with Crippen LogP contribution in [0.2, 0.25) is 0 Å². The summed E-state index contributed by atoms with van der Waals surface area (Å²) in [5.41, 5.74) is 0. The van der Waals surface area contributed by atoms with Crippen LogP contribution in [0.1, 0.15) is 13.3 Å². The Morgan fingerprint density at radius 1 is 1.57 bits per heavy atom. The number of aromatic nitrogens is 1. The molecule has 2 atom stereocenters. The van der Waals surface area contributed by atoms with Gasteiger partial charge in [-0.25, -0.2) is 4.98 Å². The summed E-state index contributed by atoms with van der Waals surface area (Å²) in [4.78, 5) is 4.24. The van der Waals surface area contributed by atoms with Gasteiger partial charge in [0.05, 0.1) is 0 Å². The zero-order chi connectivity index (χ0) is 9.97. The molecule has 1 aliphatic rings. The van der Waals surface area contributed by atoms with Crippen LogP contribution in [0.4, 0.5) is 0 Å². The minimum Gasteiger partial charge on any atom is -0.473 e. The van der Waals surface area contributed by atoms with Crippen molar-refractivity contribution in [1.29, 1.82) is 0 Å². The van der Waals surface area contributed by atoms with Crippen molar-refractivity contribution in [3.05, 3.63) is 22.8 Å². The van der Waals surface area contributed by atoms with Crippen LogP contribution < -0.4 is 10.1 Å². The largest absolute Gasteiger partial charge is 0.473 e. The molecule has 76 valence electrons. The van der Waals surface area contributed by atoms with Crippen molar-refractivity contribution in [1.82, 2.24) is 10.3 Å². The summed E-state index contributed by atoms with van der Waals surface area (Å²) in [5, 5.41) is 3.34. The third-order valence-electron chi connectivity index (χ3n) is 2.41. The van der Waals surface area contributed by atoms with Gasteiger partial charge in [-0.1, -0.05) is 6.07 Å². The van der Waals surface area contributed by atoms with E-state index in [2.05, 4.69) is 33.2 Å². The van der Waals surface area contributed by atoms with Crippen molar-refractivity contribution in [2.75, 3.05) is 6.54 Å². The Hall–Kier alpha value is -0.610. The molecule has 2 heterocycles. The maximum absolute atomic E-state index is 5.76. The van der Waals surface area contributed by atoms with Gasteiger partial charge in [-0.3, -0.25) is 0 Å². The summed E-state index contributed by atoms with van der Waals surface area (Å²) in [6.07, 6.45) is 1.30. The molecule has 0 aromatic carbocycles. The fourth-order valence-corrected chi connectivity index (χ4v) is 1.93. The second-order valence-corrected chi connectivity index (χ2v) is 4.30. The number of rotatable bonds is 2. The highest BCUT2D eigenvalue weighted by Gasteiger charge is 2.24. The molecule has 0 aliphatic carbocycles. The fraction of sp³-hybridized carbons (Fsp3) is 0.500. The van der Waals surface area contributed by atoms with Crippen LogP contribution in [0.3, 0.4) is 0 Å². The molecule has 3 nitrogen and oxygen atoms in total. The van der Waals surface area contributed by atoms with E-state index in [4.69, 9.17) is 4.74 Å². The summed E-state index contributed by atoms with van der Waals surface area (Å²) in [6.45, 7) is 3.16. The molecule has 0 saturated carbocycles. The van der Waals surface area contributed by atoms with E-state index in [1.54, 1.807) is 0 Å². The first kappa shape index (κ1) is 9.93. The summed E-state index contributed by atoms with van der Waals surface area (Å²) < 4.78 is 6.58. The predicted octanol–water partition coefficient (Wildman–Crippen LogP) is 1.97. The lowest BCUT2D eigenvalue weighted by atomic mass is 10.2. The van der Waals surface area contributed by atoms with E-state index < -0.39 is 0 Å². The van der Waals surface area contributed by atoms with Crippen molar-refractivity contribution in [3.8, 4) is 5.88 Å². The molecule has 1 aliphatic heterocycles. The predicted molar refractivity (Wildman–Crippen MR) is 58.4 cm³/mol. The van der Waals surface area contributed by atoms with E-state index in [9.17, 15) is 0 Å². The van der Waals surface area contributed by atoms with E-state index in [-0.39, 0.29) is 6.10 Å². The lowest BCUT2D eigenvalue weighted by Crippen LogP contribution is -2.30. The lowest BCUT2D eigenvalue weighted by molar-refractivity contribution is 0.184. The smallest absolute Gasteiger partial charge is 0.214 e. The topological polar surface area (TPSA) is 34.1 Å². The lowest BCUT2D eigenvalue weighted by Gasteiger charge is -2.16. The zero-order valence-electron chi connectivity index (χ0n) is 8.03. The van der Waals surface area contributed by atoms with Crippen LogP contribution in [-0.2, 0) is 0 Å². The van der Waals surface area contributed by atoms with Crippen LogP contribution in [0.15, 0.2) is 22.8 Å². The minimum absolute atomic E-state index is 0.247. The molecule has 1 aromatic heterocycles. The van der Waals surface area contributed by atoms with E-state index in [0.717, 1.165) is 17.6 Å². The number of hydrogen-bond acceptors (Lipinski definition) is 3. The highest BCUT2D eigenvalue weighted by atomic mass is 79.9. The van der Waals surface area contributed by atoms with Crippen molar-refractivity contribution >= 4 is 15.9 Å². The van der Waals surface area contributed by atoms with Gasteiger partial charge in [0.15, 0.2) is 0 Å². The zero-order valence-corrected chi connectivity index (χ0v) is 9.62. The Bertz CT molecular complexity index is 319. The highest BCUT2D eigenvalue weighted by Crippen LogP contribution is 2.17. The van der Waals surface area contributed by atoms with Crippen molar-refractivity contribution in [2.45, 2.75) is 25.5 Å². The first-order chi connectivity index (χ1) is 6.75. The molecule has 0 unspecified atom stereocenters. The molecule has 14 heavy (non-hydrogen) atoms. The molecule has 1 saturated heterocycles. The molecule has 1 N–H and O–H groups in total. The third-order valence-corrected chi connectivity index (χ3v) is 2.86. The molecule has 2 rings (SSSR count). The van der Waals surface area contributed by atoms with Crippen LogP contribution >= 0.6 is 15.9 Å². The standard InChI is InChI=1S/C10H13BrN2O/c1-7-8(5-6-12-7)14-10-4-2-3-9(11)13-10/h2-4,7-8,12H,5-6H2,1H3/t7-,8-/m0/s1. The molecule has 1 aromatic rings. The number of nitrogens with one attached hydrogen (secondary N) is 1. The molecular formula is C10H13BrN2O. The van der Waals surface area contributed by atoms with Crippen molar-refractivity contribution in [3.63, 3.8) is 0 Å². The summed E-state index contributed by atoms with van der Waals surface area (Å²) in [5.74, 6) is 0.694. The van der Waals surface area contributed by atoms with E-state index in [1.165, 1.54) is 0 Å². The van der Waals surface area contributed by atoms with Gasteiger partial charge in [-0.05, 0) is 41.9 Å². The first-order valence-electron chi connectivity index (χ1n) is 4.78. The maximum atomic E-state index is 5.76. The van der Waals surface area contributed by atoms with Crippen molar-refractivity contribution < 1.29 is 4.74 Å². The van der Waals surface area contributed by atoms with Crippen LogP contribution in [0, 0.1) is 0 Å². The van der Waals surface area contributed by atoms with E-state index >= 15 is 0 Å². The number of hydrogen-bond donors (Lipinski definition) is 1. The van der Waals surface area contributed by atoms with Gasteiger partial charge in [-0.2, -0.15) is 0 Å². The minimum atomic E-state index is 0.247. The number of pyridine rings is 1. The Morgan fingerprint density at radius 3 is 3.07 bits per heavy atom. The first-order valence-corrected chi connectivity index (χ1v) is 5.57. The Labute approximate surface area is 92.0 Å². The Balaban J connectivity index is 2.03. The third kappa shape index (κ3) is 2.25. The average Bonchev–Trinajstić information content (AvgIpc) is 2.52. The van der Waals surface area contributed by atoms with Gasteiger partial charge in [-0.15, -0.1) is 0 Å². The van der Waals surface area contributed by atoms with Gasteiger partial charge < -0.3 is 10.1 Å². The monoisotopic (exact) mass is 256 g/mol. The Kier molecular flexibility index (Phi) is 3.03. The summed E-state index contributed by atoms with van der Waals surface area (Å²) in [7, 11) is 0. The van der Waals surface area contributed by atoms with Crippen molar-refractivity contribution in [2.24, 2.45) is 0 Å². The van der Waals surface area contributed by atoms with Gasteiger partial charge in [0.1, 0.15) is 10.7 Å². The van der Waals surface area contributed by atoms with E-state index in [1.807, 2.05) is 18.2 Å². The molecule has 0 spiro atoms. The number of halogens is 1. The normalized spacial score (nSPS) is 26.4. The number of ether oxygens (including phenoxy) is 1. The second-order valence-electron chi connectivity index (χ2n) is 3.49. The SMILES string of the molecule is C[C@@H]1NCC[C@@H]1Oc1cccc(Br)n1. The van der Waals surface area contributed by atoms with Crippen LogP contribution in [-0.4, -0.2) is 23.7 Å². The average molecular weight is 257 g/mol. The van der Waals surface area contributed by atoms with Crippen LogP contribution in [0.25, 0.3) is 0 Å². The fourth-order valence-electron chi connectivity index (χ4n) is 1.61. The van der Waals surface area contributed by atoms with Gasteiger partial charge >= 0.3 is 0 Å². The van der Waals surface area contributed by atoms with Gasteiger partial charge in [0.25, 0.3) is 0 Å². The van der Waals surface area contributed by atoms with Gasteiger partial charge in [0, 0.05) is 12.1 Å². The molecule has 1 fully saturated rings. The highest BCUT2D eigenvalue weighted by molar-refractivity contribution is 9.10. The molecular weight excluding hydrogens is 244 g/mol. The molecule has 0 amide bonds. The Morgan fingerprint density at radius 2 is 2.43 bits per heavy atom. The summed E-state index contributed by atoms with van der Waals surface area (Å²) in [6, 6.07) is 6.12. The molecule has 4 heteroatoms. The summed E-state index contributed by atoms with van der Waals surface area (Å²) >= 11 is 3.32. The van der Waals surface area contributed by atoms with Crippen LogP contribution in [0.5, 0.6) is 5.88 Å². The quantitative estimate of drug-likeness (QED) is 0.822. The van der Waals surface area contributed by atoms with E-state index in [0.29, 0.717) is 11.9 Å². The second kappa shape index (κ2) is 4.28. The molecule has 0 radical (unpaired) electrons.